The predicted octanol–water partition coefficient (Wildman–Crippen LogP) is 0.689. The lowest BCUT2D eigenvalue weighted by atomic mass is 10.1. The number of carboxylic acid groups (broad SMARTS) is 1. The van der Waals surface area contributed by atoms with Crippen LogP contribution in [0.4, 0.5) is 4.79 Å². The van der Waals surface area contributed by atoms with Gasteiger partial charge in [0.25, 0.3) is 0 Å². The molecule has 0 aromatic carbocycles. The van der Waals surface area contributed by atoms with Gasteiger partial charge < -0.3 is 10.0 Å². The maximum atomic E-state index is 10.7. The first-order valence-corrected chi connectivity index (χ1v) is 4.22. The van der Waals surface area contributed by atoms with Gasteiger partial charge in [-0.3, -0.25) is 4.90 Å². The van der Waals surface area contributed by atoms with Crippen molar-refractivity contribution in [3.63, 3.8) is 0 Å². The number of hydrogen-bond acceptors (Lipinski definition) is 2. The summed E-state index contributed by atoms with van der Waals surface area (Å²) in [6.45, 7) is 5.34. The first-order chi connectivity index (χ1) is 5.52. The zero-order chi connectivity index (χ0) is 9.30. The highest BCUT2D eigenvalue weighted by Gasteiger charge is 2.28. The second-order valence-corrected chi connectivity index (χ2v) is 3.55. The number of likely N-dealkylation sites (N-methyl/N-ethyl adjacent to an activating group) is 1. The molecule has 0 aliphatic carbocycles. The normalized spacial score (nSPS) is 32.1. The molecular formula is C8H16N2O2. The van der Waals surface area contributed by atoms with Crippen LogP contribution in [0.2, 0.25) is 0 Å². The van der Waals surface area contributed by atoms with E-state index in [-0.39, 0.29) is 0 Å². The van der Waals surface area contributed by atoms with E-state index < -0.39 is 6.09 Å². The van der Waals surface area contributed by atoms with E-state index in [4.69, 9.17) is 5.11 Å². The zero-order valence-corrected chi connectivity index (χ0v) is 7.82. The van der Waals surface area contributed by atoms with E-state index in [1.807, 2.05) is 20.9 Å². The summed E-state index contributed by atoms with van der Waals surface area (Å²) in [7, 11) is 2.04. The van der Waals surface area contributed by atoms with Gasteiger partial charge in [0.15, 0.2) is 0 Å². The van der Waals surface area contributed by atoms with E-state index in [0.717, 1.165) is 0 Å². The average molecular weight is 172 g/mol. The minimum Gasteiger partial charge on any atom is -0.465 e. The highest BCUT2D eigenvalue weighted by atomic mass is 16.4. The van der Waals surface area contributed by atoms with Gasteiger partial charge in [-0.25, -0.2) is 4.79 Å². The number of carbonyl (C=O) groups is 1. The summed E-state index contributed by atoms with van der Waals surface area (Å²) in [5.74, 6) is 0. The van der Waals surface area contributed by atoms with Gasteiger partial charge in [0.05, 0.1) is 0 Å². The van der Waals surface area contributed by atoms with E-state index in [1.54, 1.807) is 0 Å². The monoisotopic (exact) mass is 172 g/mol. The standard InChI is InChI=1S/C8H16N2O2/c1-6-4-10(8(11)12)5-7(2)9(6)3/h6-7H,4-5H2,1-3H3,(H,11,12). The Kier molecular flexibility index (Phi) is 2.57. The van der Waals surface area contributed by atoms with Gasteiger partial charge in [-0.05, 0) is 20.9 Å². The van der Waals surface area contributed by atoms with Crippen molar-refractivity contribution >= 4 is 6.09 Å². The van der Waals surface area contributed by atoms with Crippen molar-refractivity contribution in [3.05, 3.63) is 0 Å². The molecule has 2 atom stereocenters. The maximum Gasteiger partial charge on any atom is 0.407 e. The van der Waals surface area contributed by atoms with Crippen LogP contribution >= 0.6 is 0 Å². The minimum atomic E-state index is -0.804. The molecule has 1 aliphatic heterocycles. The molecule has 1 aliphatic rings. The Hall–Kier alpha value is -0.770. The number of amides is 1. The van der Waals surface area contributed by atoms with Gasteiger partial charge in [-0.2, -0.15) is 0 Å². The minimum absolute atomic E-state index is 0.324. The van der Waals surface area contributed by atoms with Crippen LogP contribution in [0.15, 0.2) is 0 Å². The lowest BCUT2D eigenvalue weighted by molar-refractivity contribution is 0.0575. The molecule has 0 aromatic heterocycles. The molecule has 1 heterocycles. The molecule has 0 radical (unpaired) electrons. The lowest BCUT2D eigenvalue weighted by Gasteiger charge is -2.41. The van der Waals surface area contributed by atoms with E-state index >= 15 is 0 Å². The summed E-state index contributed by atoms with van der Waals surface area (Å²) in [4.78, 5) is 14.3. The summed E-state index contributed by atoms with van der Waals surface area (Å²) < 4.78 is 0. The van der Waals surface area contributed by atoms with E-state index in [2.05, 4.69) is 4.90 Å². The predicted molar refractivity (Wildman–Crippen MR) is 46.3 cm³/mol. The van der Waals surface area contributed by atoms with Crippen LogP contribution in [0.1, 0.15) is 13.8 Å². The van der Waals surface area contributed by atoms with Crippen molar-refractivity contribution < 1.29 is 9.90 Å². The molecule has 1 rings (SSSR count). The fourth-order valence-electron chi connectivity index (χ4n) is 1.56. The Morgan fingerprint density at radius 2 is 1.75 bits per heavy atom. The smallest absolute Gasteiger partial charge is 0.407 e. The number of nitrogens with zero attached hydrogens (tertiary/aromatic N) is 2. The van der Waals surface area contributed by atoms with Crippen LogP contribution in [0, 0.1) is 0 Å². The van der Waals surface area contributed by atoms with Crippen LogP contribution in [0.25, 0.3) is 0 Å². The number of rotatable bonds is 0. The van der Waals surface area contributed by atoms with Crippen molar-refractivity contribution in [2.24, 2.45) is 0 Å². The topological polar surface area (TPSA) is 43.8 Å². The molecule has 1 saturated heterocycles. The van der Waals surface area contributed by atoms with E-state index in [9.17, 15) is 4.79 Å². The van der Waals surface area contributed by atoms with Gasteiger partial charge in [0.1, 0.15) is 0 Å². The molecule has 12 heavy (non-hydrogen) atoms. The molecule has 1 amide bonds. The van der Waals surface area contributed by atoms with Gasteiger partial charge in [-0.1, -0.05) is 0 Å². The van der Waals surface area contributed by atoms with Crippen molar-refractivity contribution in [1.29, 1.82) is 0 Å². The lowest BCUT2D eigenvalue weighted by Crippen LogP contribution is -2.56. The van der Waals surface area contributed by atoms with E-state index in [1.165, 1.54) is 4.90 Å². The molecule has 2 unspecified atom stereocenters. The summed E-state index contributed by atoms with van der Waals surface area (Å²) >= 11 is 0. The SMILES string of the molecule is CC1CN(C(=O)O)CC(C)N1C. The maximum absolute atomic E-state index is 10.7. The van der Waals surface area contributed by atoms with E-state index in [0.29, 0.717) is 25.2 Å². The molecule has 4 heteroatoms. The van der Waals surface area contributed by atoms with Crippen LogP contribution in [0.3, 0.4) is 0 Å². The van der Waals surface area contributed by atoms with Gasteiger partial charge in [0.2, 0.25) is 0 Å². The van der Waals surface area contributed by atoms with Crippen molar-refractivity contribution in [1.82, 2.24) is 9.80 Å². The van der Waals surface area contributed by atoms with Gasteiger partial charge in [0, 0.05) is 25.2 Å². The highest BCUT2D eigenvalue weighted by molar-refractivity contribution is 5.65. The second-order valence-electron chi connectivity index (χ2n) is 3.55. The Balaban J connectivity index is 2.59. The van der Waals surface area contributed by atoms with Gasteiger partial charge in [-0.15, -0.1) is 0 Å². The fraction of sp³-hybridized carbons (Fsp3) is 0.875. The molecule has 70 valence electrons. The number of piperazine rings is 1. The molecule has 0 saturated carbocycles. The second kappa shape index (κ2) is 3.31. The highest BCUT2D eigenvalue weighted by Crippen LogP contribution is 2.12. The Bertz CT molecular complexity index is 172. The third-order valence-corrected chi connectivity index (χ3v) is 2.63. The summed E-state index contributed by atoms with van der Waals surface area (Å²) in [6.07, 6.45) is -0.804. The average Bonchev–Trinajstić information content (AvgIpc) is 1.99. The first-order valence-electron chi connectivity index (χ1n) is 4.22. The molecule has 0 aromatic rings. The Morgan fingerprint density at radius 3 is 2.08 bits per heavy atom. The van der Waals surface area contributed by atoms with Crippen LogP contribution in [0.5, 0.6) is 0 Å². The quantitative estimate of drug-likeness (QED) is 0.584. The summed E-state index contributed by atoms with van der Waals surface area (Å²) in [6, 6.07) is 0.648. The Morgan fingerprint density at radius 1 is 1.33 bits per heavy atom. The molecule has 0 spiro atoms. The number of hydrogen-bond donors (Lipinski definition) is 1. The largest absolute Gasteiger partial charge is 0.465 e. The molecule has 1 fully saturated rings. The third-order valence-electron chi connectivity index (χ3n) is 2.63. The zero-order valence-electron chi connectivity index (χ0n) is 7.82. The van der Waals surface area contributed by atoms with Crippen molar-refractivity contribution in [2.45, 2.75) is 25.9 Å². The first kappa shape index (κ1) is 9.32. The molecule has 1 N–H and O–H groups in total. The molecular weight excluding hydrogens is 156 g/mol. The summed E-state index contributed by atoms with van der Waals surface area (Å²) in [5.41, 5.74) is 0. The van der Waals surface area contributed by atoms with Crippen molar-refractivity contribution in [3.8, 4) is 0 Å². The van der Waals surface area contributed by atoms with Crippen LogP contribution in [-0.2, 0) is 0 Å². The fourth-order valence-corrected chi connectivity index (χ4v) is 1.56. The summed E-state index contributed by atoms with van der Waals surface area (Å²) in [5, 5.41) is 8.77. The van der Waals surface area contributed by atoms with Crippen LogP contribution < -0.4 is 0 Å². The van der Waals surface area contributed by atoms with Crippen LogP contribution in [-0.4, -0.2) is 53.2 Å². The third kappa shape index (κ3) is 1.69. The molecule has 4 nitrogen and oxygen atoms in total. The molecule has 0 bridgehead atoms. The Labute approximate surface area is 72.8 Å². The van der Waals surface area contributed by atoms with Crippen molar-refractivity contribution in [2.75, 3.05) is 20.1 Å². The van der Waals surface area contributed by atoms with Gasteiger partial charge >= 0.3 is 6.09 Å².